The van der Waals surface area contributed by atoms with Gasteiger partial charge < -0.3 is 5.32 Å². The fourth-order valence-corrected chi connectivity index (χ4v) is 2.94. The van der Waals surface area contributed by atoms with Gasteiger partial charge in [-0.1, -0.05) is 43.1 Å². The number of aryl methyl sites for hydroxylation is 1. The number of nitrogens with zero attached hydrogens (tertiary/aromatic N) is 1. The third-order valence-electron chi connectivity index (χ3n) is 3.72. The first-order valence-corrected chi connectivity index (χ1v) is 8.20. The van der Waals surface area contributed by atoms with Gasteiger partial charge in [-0.3, -0.25) is 14.9 Å². The van der Waals surface area contributed by atoms with Crippen LogP contribution >= 0.6 is 23.2 Å². The average Bonchev–Trinajstić information content (AvgIpc) is 2.55. The molecule has 2 rings (SSSR count). The van der Waals surface area contributed by atoms with Gasteiger partial charge in [-0.25, -0.2) is 0 Å². The molecule has 0 fully saturated rings. The summed E-state index contributed by atoms with van der Waals surface area (Å²) in [5.74, 6) is -0.504. The Labute approximate surface area is 149 Å². The minimum atomic E-state index is -0.568. The van der Waals surface area contributed by atoms with Crippen molar-refractivity contribution in [2.24, 2.45) is 0 Å². The van der Waals surface area contributed by atoms with Crippen molar-refractivity contribution in [3.63, 3.8) is 0 Å². The number of nitrogens with one attached hydrogen (secondary N) is 1. The van der Waals surface area contributed by atoms with Crippen LogP contribution in [-0.2, 0) is 12.8 Å². The van der Waals surface area contributed by atoms with Gasteiger partial charge in [-0.2, -0.15) is 0 Å². The summed E-state index contributed by atoms with van der Waals surface area (Å²) in [6.45, 7) is 3.91. The van der Waals surface area contributed by atoms with Crippen LogP contribution in [0.3, 0.4) is 0 Å². The van der Waals surface area contributed by atoms with E-state index < -0.39 is 10.8 Å². The zero-order valence-corrected chi connectivity index (χ0v) is 14.7. The summed E-state index contributed by atoms with van der Waals surface area (Å²) in [4.78, 5) is 22.9. The molecule has 2 aromatic rings. The number of carbonyl (C=O) groups is 1. The molecular weight excluding hydrogens is 351 g/mol. The lowest BCUT2D eigenvalue weighted by molar-refractivity contribution is -0.384. The first-order valence-electron chi connectivity index (χ1n) is 7.44. The number of nitro benzene ring substituents is 1. The molecule has 1 N–H and O–H groups in total. The quantitative estimate of drug-likeness (QED) is 0.577. The molecular formula is C17H16Cl2N2O3. The van der Waals surface area contributed by atoms with Crippen molar-refractivity contribution in [1.82, 2.24) is 0 Å². The first-order chi connectivity index (χ1) is 11.4. The summed E-state index contributed by atoms with van der Waals surface area (Å²) < 4.78 is 0. The molecule has 0 saturated heterocycles. The van der Waals surface area contributed by atoms with Gasteiger partial charge in [-0.05, 0) is 36.1 Å². The minimum absolute atomic E-state index is 0.0509. The van der Waals surface area contributed by atoms with Crippen LogP contribution in [0.5, 0.6) is 0 Å². The molecule has 0 unspecified atom stereocenters. The molecule has 0 atom stereocenters. The molecule has 0 heterocycles. The molecule has 0 aromatic heterocycles. The molecule has 0 aliphatic carbocycles. The highest BCUT2D eigenvalue weighted by Gasteiger charge is 2.19. The van der Waals surface area contributed by atoms with E-state index >= 15 is 0 Å². The van der Waals surface area contributed by atoms with Crippen molar-refractivity contribution < 1.29 is 9.72 Å². The maximum atomic E-state index is 12.6. The lowest BCUT2D eigenvalue weighted by atomic mass is 10.0. The molecule has 1 amide bonds. The van der Waals surface area contributed by atoms with Gasteiger partial charge in [0.25, 0.3) is 11.6 Å². The molecule has 5 nitrogen and oxygen atoms in total. The summed E-state index contributed by atoms with van der Waals surface area (Å²) >= 11 is 12.3. The third kappa shape index (κ3) is 3.68. The monoisotopic (exact) mass is 366 g/mol. The zero-order valence-electron chi connectivity index (χ0n) is 13.2. The molecule has 7 heteroatoms. The largest absolute Gasteiger partial charge is 0.321 e. The molecule has 0 aliphatic rings. The number of hydrogen-bond acceptors (Lipinski definition) is 3. The summed E-state index contributed by atoms with van der Waals surface area (Å²) in [5.41, 5.74) is 2.26. The van der Waals surface area contributed by atoms with Crippen LogP contribution in [0.15, 0.2) is 30.3 Å². The highest BCUT2D eigenvalue weighted by Crippen LogP contribution is 2.31. The van der Waals surface area contributed by atoms with E-state index in [9.17, 15) is 14.9 Å². The van der Waals surface area contributed by atoms with Crippen molar-refractivity contribution in [3.8, 4) is 0 Å². The van der Waals surface area contributed by atoms with Gasteiger partial charge in [-0.15, -0.1) is 0 Å². The van der Waals surface area contributed by atoms with E-state index in [0.717, 1.165) is 11.1 Å². The summed E-state index contributed by atoms with van der Waals surface area (Å²) in [6, 6.07) is 7.42. The number of non-ortho nitro benzene ring substituents is 1. The Balaban J connectivity index is 2.46. The maximum Gasteiger partial charge on any atom is 0.270 e. The van der Waals surface area contributed by atoms with Crippen molar-refractivity contribution in [2.75, 3.05) is 5.32 Å². The van der Waals surface area contributed by atoms with E-state index in [1.807, 2.05) is 19.9 Å². The predicted molar refractivity (Wildman–Crippen MR) is 96.3 cm³/mol. The Morgan fingerprint density at radius 2 is 1.79 bits per heavy atom. The van der Waals surface area contributed by atoms with E-state index in [0.29, 0.717) is 23.6 Å². The Kier molecular flexibility index (Phi) is 5.80. The highest BCUT2D eigenvalue weighted by atomic mass is 35.5. The lowest BCUT2D eigenvalue weighted by Gasteiger charge is -2.16. The second kappa shape index (κ2) is 7.64. The third-order valence-corrected chi connectivity index (χ3v) is 4.40. The second-order valence-corrected chi connectivity index (χ2v) is 5.96. The van der Waals surface area contributed by atoms with Crippen molar-refractivity contribution in [2.45, 2.75) is 26.7 Å². The molecule has 0 spiro atoms. The lowest BCUT2D eigenvalue weighted by Crippen LogP contribution is -2.16. The van der Waals surface area contributed by atoms with Gasteiger partial charge in [0.1, 0.15) is 0 Å². The van der Waals surface area contributed by atoms with Crippen LogP contribution in [0.25, 0.3) is 0 Å². The number of rotatable bonds is 5. The van der Waals surface area contributed by atoms with Crippen LogP contribution in [0.1, 0.15) is 35.3 Å². The highest BCUT2D eigenvalue weighted by molar-refractivity contribution is 6.35. The smallest absolute Gasteiger partial charge is 0.270 e. The minimum Gasteiger partial charge on any atom is -0.321 e. The predicted octanol–water partition coefficient (Wildman–Crippen LogP) is 5.28. The number of amides is 1. The summed E-state index contributed by atoms with van der Waals surface area (Å²) in [7, 11) is 0. The summed E-state index contributed by atoms with van der Waals surface area (Å²) in [6.07, 6.45) is 1.35. The Hall–Kier alpha value is -2.11. The first kappa shape index (κ1) is 18.2. The van der Waals surface area contributed by atoms with Gasteiger partial charge >= 0.3 is 0 Å². The van der Waals surface area contributed by atoms with E-state index in [1.165, 1.54) is 18.2 Å². The van der Waals surface area contributed by atoms with E-state index in [-0.39, 0.29) is 16.3 Å². The topological polar surface area (TPSA) is 72.2 Å². The summed E-state index contributed by atoms with van der Waals surface area (Å²) in [5, 5.41) is 14.4. The molecule has 0 saturated carbocycles. The number of anilines is 1. The number of benzene rings is 2. The van der Waals surface area contributed by atoms with Crippen LogP contribution in [-0.4, -0.2) is 10.8 Å². The maximum absolute atomic E-state index is 12.6. The van der Waals surface area contributed by atoms with E-state index in [4.69, 9.17) is 23.2 Å². The molecule has 0 bridgehead atoms. The van der Waals surface area contributed by atoms with Gasteiger partial charge in [0.05, 0.1) is 15.5 Å². The van der Waals surface area contributed by atoms with Crippen molar-refractivity contribution >= 4 is 40.5 Å². The fraction of sp³-hybridized carbons (Fsp3) is 0.235. The van der Waals surface area contributed by atoms with Gasteiger partial charge in [0.15, 0.2) is 0 Å². The van der Waals surface area contributed by atoms with Crippen molar-refractivity contribution in [3.05, 3.63) is 67.2 Å². The van der Waals surface area contributed by atoms with Gasteiger partial charge in [0.2, 0.25) is 0 Å². The average molecular weight is 367 g/mol. The molecule has 0 radical (unpaired) electrons. The van der Waals surface area contributed by atoms with Crippen LogP contribution in [0.2, 0.25) is 10.0 Å². The second-order valence-electron chi connectivity index (χ2n) is 5.14. The standard InChI is InChI=1S/C17H16Cl2N2O3/c1-3-10-5-7-14(18)12(4-2)16(10)20-17(22)13-9-11(21(23)24)6-8-15(13)19/h5-9H,3-4H2,1-2H3,(H,20,22). The number of hydrogen-bond donors (Lipinski definition) is 1. The fourth-order valence-electron chi connectivity index (χ4n) is 2.45. The number of halogens is 2. The van der Waals surface area contributed by atoms with Crippen LogP contribution in [0.4, 0.5) is 11.4 Å². The molecule has 24 heavy (non-hydrogen) atoms. The molecule has 126 valence electrons. The Bertz CT molecular complexity index is 807. The van der Waals surface area contributed by atoms with Crippen LogP contribution < -0.4 is 5.32 Å². The number of nitro groups is 1. The van der Waals surface area contributed by atoms with E-state index in [2.05, 4.69) is 5.32 Å². The molecule has 2 aromatic carbocycles. The van der Waals surface area contributed by atoms with Crippen LogP contribution in [0, 0.1) is 10.1 Å². The Morgan fingerprint density at radius 3 is 2.38 bits per heavy atom. The molecule has 0 aliphatic heterocycles. The normalized spacial score (nSPS) is 10.5. The zero-order chi connectivity index (χ0) is 17.9. The Morgan fingerprint density at radius 1 is 1.12 bits per heavy atom. The SMILES string of the molecule is CCc1ccc(Cl)c(CC)c1NC(=O)c1cc([N+](=O)[O-])ccc1Cl. The van der Waals surface area contributed by atoms with E-state index in [1.54, 1.807) is 6.07 Å². The van der Waals surface area contributed by atoms with Gasteiger partial charge in [0, 0.05) is 22.8 Å². The number of carbonyl (C=O) groups excluding carboxylic acids is 1. The van der Waals surface area contributed by atoms with Crippen molar-refractivity contribution in [1.29, 1.82) is 0 Å².